The maximum atomic E-state index is 13.1. The standard InChI is InChI=1S/C23H30F3N7O4/c1-14(30-18-11-29-31-22(35)17(18)9-27)13-36-6-3-20(34)32-4-5-33-16(12-32)2-7-37-19-8-15(23(24,25)26)10-28-21(19)33/h8,10,14,16-18,29-30H,2-7,11-13H2,1H3,(H,31,35)/t14-,16+,17?,18?/m0/s1. The van der Waals surface area contributed by atoms with Gasteiger partial charge < -0.3 is 24.6 Å². The minimum Gasteiger partial charge on any atom is -0.490 e. The van der Waals surface area contributed by atoms with E-state index in [-0.39, 0.29) is 55.3 Å². The number of carbonyl (C=O) groups is 2. The van der Waals surface area contributed by atoms with Gasteiger partial charge in [0.15, 0.2) is 11.6 Å². The molecular weight excluding hydrogens is 495 g/mol. The van der Waals surface area contributed by atoms with E-state index in [1.165, 1.54) is 0 Å². The van der Waals surface area contributed by atoms with Gasteiger partial charge in [-0.25, -0.2) is 10.4 Å². The number of hydrazine groups is 1. The summed E-state index contributed by atoms with van der Waals surface area (Å²) < 4.78 is 50.4. The third kappa shape index (κ3) is 6.41. The van der Waals surface area contributed by atoms with Gasteiger partial charge in [-0.3, -0.25) is 15.0 Å². The van der Waals surface area contributed by atoms with E-state index in [2.05, 4.69) is 21.2 Å². The van der Waals surface area contributed by atoms with Gasteiger partial charge in [-0.2, -0.15) is 18.4 Å². The summed E-state index contributed by atoms with van der Waals surface area (Å²) in [6, 6.07) is 2.39. The monoisotopic (exact) mass is 525 g/mol. The van der Waals surface area contributed by atoms with Gasteiger partial charge in [0.25, 0.3) is 5.91 Å². The number of pyridine rings is 1. The van der Waals surface area contributed by atoms with Crippen LogP contribution in [-0.4, -0.2) is 85.8 Å². The van der Waals surface area contributed by atoms with Crippen LogP contribution < -0.4 is 25.8 Å². The molecule has 2 fully saturated rings. The van der Waals surface area contributed by atoms with Crippen LogP contribution in [0.5, 0.6) is 5.75 Å². The van der Waals surface area contributed by atoms with Gasteiger partial charge in [0.05, 0.1) is 43.9 Å². The third-order valence-corrected chi connectivity index (χ3v) is 6.66. The largest absolute Gasteiger partial charge is 0.490 e. The van der Waals surface area contributed by atoms with Gasteiger partial charge in [0.2, 0.25) is 5.91 Å². The summed E-state index contributed by atoms with van der Waals surface area (Å²) in [6.45, 7) is 4.33. The highest BCUT2D eigenvalue weighted by atomic mass is 19.4. The summed E-state index contributed by atoms with van der Waals surface area (Å²) in [5.74, 6) is -0.762. The molecule has 2 saturated heterocycles. The molecule has 4 rings (SSSR count). The highest BCUT2D eigenvalue weighted by molar-refractivity contribution is 5.82. The second-order valence-electron chi connectivity index (χ2n) is 9.34. The Kier molecular flexibility index (Phi) is 8.35. The minimum absolute atomic E-state index is 0.0660. The first-order valence-electron chi connectivity index (χ1n) is 12.2. The van der Waals surface area contributed by atoms with E-state index >= 15 is 0 Å². The number of piperazine rings is 1. The Morgan fingerprint density at radius 2 is 2.24 bits per heavy atom. The van der Waals surface area contributed by atoms with Crippen molar-refractivity contribution in [2.75, 3.05) is 50.9 Å². The summed E-state index contributed by atoms with van der Waals surface area (Å²) in [4.78, 5) is 32.2. The quantitative estimate of drug-likeness (QED) is 0.434. The highest BCUT2D eigenvalue weighted by Crippen LogP contribution is 2.38. The molecule has 0 spiro atoms. The number of anilines is 1. The Labute approximate surface area is 212 Å². The van der Waals surface area contributed by atoms with Gasteiger partial charge in [-0.15, -0.1) is 0 Å². The molecule has 2 unspecified atom stereocenters. The van der Waals surface area contributed by atoms with Crippen LogP contribution in [0.1, 0.15) is 25.3 Å². The number of rotatable bonds is 7. The molecule has 3 aliphatic heterocycles. The number of nitrogens with one attached hydrogen (secondary N) is 3. The molecule has 1 aromatic heterocycles. The number of nitriles is 1. The number of hydrogen-bond donors (Lipinski definition) is 3. The average molecular weight is 526 g/mol. The van der Waals surface area contributed by atoms with Gasteiger partial charge in [-0.1, -0.05) is 0 Å². The first-order valence-corrected chi connectivity index (χ1v) is 12.2. The second kappa shape index (κ2) is 11.5. The number of halogens is 3. The summed E-state index contributed by atoms with van der Waals surface area (Å²) in [7, 11) is 0. The number of nitrogens with zero attached hydrogens (tertiary/aromatic N) is 4. The first-order chi connectivity index (χ1) is 17.7. The molecule has 1 aromatic rings. The van der Waals surface area contributed by atoms with E-state index < -0.39 is 17.7 Å². The molecule has 3 aliphatic rings. The third-order valence-electron chi connectivity index (χ3n) is 6.66. The molecule has 0 aliphatic carbocycles. The van der Waals surface area contributed by atoms with Crippen molar-refractivity contribution in [1.82, 2.24) is 26.1 Å². The molecule has 202 valence electrons. The van der Waals surface area contributed by atoms with Crippen molar-refractivity contribution in [2.24, 2.45) is 5.92 Å². The van der Waals surface area contributed by atoms with Gasteiger partial charge in [-0.05, 0) is 13.0 Å². The molecular formula is C23H30F3N7O4. The molecule has 14 heteroatoms. The Bertz CT molecular complexity index is 1030. The Morgan fingerprint density at radius 3 is 3.00 bits per heavy atom. The van der Waals surface area contributed by atoms with Crippen molar-refractivity contribution < 1.29 is 32.2 Å². The Balaban J connectivity index is 1.23. The fourth-order valence-electron chi connectivity index (χ4n) is 4.75. The minimum atomic E-state index is -4.50. The van der Waals surface area contributed by atoms with Crippen molar-refractivity contribution in [3.05, 3.63) is 17.8 Å². The number of ether oxygens (including phenoxy) is 2. The summed E-state index contributed by atoms with van der Waals surface area (Å²) in [5, 5.41) is 12.4. The van der Waals surface area contributed by atoms with Crippen molar-refractivity contribution >= 4 is 17.6 Å². The van der Waals surface area contributed by atoms with Crippen molar-refractivity contribution in [2.45, 2.75) is 44.1 Å². The number of amides is 2. The van der Waals surface area contributed by atoms with E-state index in [9.17, 15) is 28.0 Å². The van der Waals surface area contributed by atoms with E-state index in [0.717, 1.165) is 12.3 Å². The fourth-order valence-corrected chi connectivity index (χ4v) is 4.75. The van der Waals surface area contributed by atoms with Crippen LogP contribution in [0.3, 0.4) is 0 Å². The second-order valence-corrected chi connectivity index (χ2v) is 9.34. The number of hydrogen-bond acceptors (Lipinski definition) is 9. The molecule has 4 atom stereocenters. The lowest BCUT2D eigenvalue weighted by Crippen LogP contribution is -2.61. The highest BCUT2D eigenvalue weighted by Gasteiger charge is 2.37. The van der Waals surface area contributed by atoms with Gasteiger partial charge in [0.1, 0.15) is 5.92 Å². The van der Waals surface area contributed by atoms with Gasteiger partial charge >= 0.3 is 6.18 Å². The van der Waals surface area contributed by atoms with Crippen molar-refractivity contribution in [1.29, 1.82) is 5.26 Å². The number of fused-ring (bicyclic) bond motifs is 3. The molecule has 0 saturated carbocycles. The maximum absolute atomic E-state index is 13.1. The van der Waals surface area contributed by atoms with E-state index in [1.54, 1.807) is 4.90 Å². The summed E-state index contributed by atoms with van der Waals surface area (Å²) in [5.41, 5.74) is 4.33. The Hall–Kier alpha value is -3.15. The van der Waals surface area contributed by atoms with E-state index in [4.69, 9.17) is 9.47 Å². The predicted octanol–water partition coefficient (Wildman–Crippen LogP) is 0.428. The molecule has 37 heavy (non-hydrogen) atoms. The van der Waals surface area contributed by atoms with E-state index in [1.807, 2.05) is 17.9 Å². The summed E-state index contributed by atoms with van der Waals surface area (Å²) >= 11 is 0. The van der Waals surface area contributed by atoms with Crippen molar-refractivity contribution in [3.8, 4) is 11.8 Å². The van der Waals surface area contributed by atoms with Crippen LogP contribution in [0.2, 0.25) is 0 Å². The lowest BCUT2D eigenvalue weighted by molar-refractivity contribution is -0.138. The lowest BCUT2D eigenvalue weighted by Gasteiger charge is -2.41. The smallest absolute Gasteiger partial charge is 0.418 e. The topological polar surface area (TPSA) is 132 Å². The van der Waals surface area contributed by atoms with Crippen LogP contribution in [0.15, 0.2) is 12.3 Å². The molecule has 0 radical (unpaired) electrons. The molecule has 0 bridgehead atoms. The van der Waals surface area contributed by atoms with Crippen LogP contribution >= 0.6 is 0 Å². The van der Waals surface area contributed by atoms with Crippen LogP contribution in [0.25, 0.3) is 0 Å². The van der Waals surface area contributed by atoms with Crippen LogP contribution in [0.4, 0.5) is 19.0 Å². The SMILES string of the molecule is C[C@@H](COCCC(=O)N1CCN2c3ncc(C(F)(F)F)cc3OCC[C@@H]2C1)NC1CNNC(=O)C1C#N. The number of carbonyl (C=O) groups excluding carboxylic acids is 2. The van der Waals surface area contributed by atoms with Crippen LogP contribution in [-0.2, 0) is 20.5 Å². The normalized spacial score (nSPS) is 24.6. The molecule has 2 amide bonds. The lowest BCUT2D eigenvalue weighted by atomic mass is 9.98. The average Bonchev–Trinajstić information content (AvgIpc) is 3.04. The maximum Gasteiger partial charge on any atom is 0.418 e. The van der Waals surface area contributed by atoms with Crippen molar-refractivity contribution in [3.63, 3.8) is 0 Å². The molecule has 11 nitrogen and oxygen atoms in total. The van der Waals surface area contributed by atoms with E-state index in [0.29, 0.717) is 45.0 Å². The molecule has 3 N–H and O–H groups in total. The predicted molar refractivity (Wildman–Crippen MR) is 124 cm³/mol. The number of aromatic nitrogens is 1. The van der Waals surface area contributed by atoms with Gasteiger partial charge in [0, 0.05) is 50.9 Å². The molecule has 0 aromatic carbocycles. The molecule has 4 heterocycles. The zero-order valence-corrected chi connectivity index (χ0v) is 20.4. The first kappa shape index (κ1) is 26.9. The zero-order valence-electron chi connectivity index (χ0n) is 20.4. The zero-order chi connectivity index (χ0) is 26.6. The number of alkyl halides is 3. The Morgan fingerprint density at radius 1 is 1.43 bits per heavy atom. The van der Waals surface area contributed by atoms with Crippen LogP contribution in [0, 0.1) is 17.2 Å². The fraction of sp³-hybridized carbons (Fsp3) is 0.652. The summed E-state index contributed by atoms with van der Waals surface area (Å²) in [6.07, 6.45) is -2.94.